The molecule has 0 spiro atoms. The Kier molecular flexibility index (Phi) is 7.35. The Morgan fingerprint density at radius 1 is 1.07 bits per heavy atom. The van der Waals surface area contributed by atoms with Crippen molar-refractivity contribution in [3.63, 3.8) is 0 Å². The number of methoxy groups -OCH3 is 1. The van der Waals surface area contributed by atoms with Crippen molar-refractivity contribution in [2.24, 2.45) is 0 Å². The van der Waals surface area contributed by atoms with Crippen LogP contribution in [0.15, 0.2) is 23.8 Å². The second kappa shape index (κ2) is 11.0. The lowest BCUT2D eigenvalue weighted by molar-refractivity contribution is -0.0569. The Labute approximate surface area is 251 Å². The number of nitrogen functional groups attached to an aromatic ring is 2. The van der Waals surface area contributed by atoms with Gasteiger partial charge in [0, 0.05) is 20.1 Å². The highest BCUT2D eigenvalue weighted by atomic mass is 32.2. The zero-order valence-electron chi connectivity index (χ0n) is 23.1. The first-order valence-corrected chi connectivity index (χ1v) is 16.2. The summed E-state index contributed by atoms with van der Waals surface area (Å²) in [5, 5.41) is 0. The van der Waals surface area contributed by atoms with Crippen LogP contribution in [-0.4, -0.2) is 103 Å². The molecular weight excluding hydrogens is 645 g/mol. The number of nitrogens with zero attached hydrogens (tertiary/aromatic N) is 7. The third-order valence-corrected chi connectivity index (χ3v) is 9.54. The predicted molar refractivity (Wildman–Crippen MR) is 148 cm³/mol. The zero-order valence-corrected chi connectivity index (χ0v) is 24.8. The number of fused-ring (bicyclic) bond motifs is 5. The molecule has 3 aliphatic heterocycles. The molecule has 0 aromatic carbocycles. The number of hydrogen-bond donors (Lipinski definition) is 5. The molecule has 7 N–H and O–H groups in total. The number of phosphoric acid groups is 1. The number of H-pyrrole nitrogens is 1. The van der Waals surface area contributed by atoms with Crippen molar-refractivity contribution < 1.29 is 45.3 Å². The van der Waals surface area contributed by atoms with Gasteiger partial charge >= 0.3 is 18.1 Å². The van der Waals surface area contributed by atoms with Crippen LogP contribution in [0.5, 0.6) is 0 Å². The Morgan fingerprint density at radius 3 is 2.64 bits per heavy atom. The molecule has 4 aromatic rings. The number of imidazole rings is 2. The average Bonchev–Trinajstić information content (AvgIpc) is 3.74. The van der Waals surface area contributed by atoms with Crippen molar-refractivity contribution >= 4 is 52.2 Å². The molecule has 22 nitrogen and oxygen atoms in total. The van der Waals surface area contributed by atoms with Crippen molar-refractivity contribution in [1.29, 1.82) is 0 Å². The van der Waals surface area contributed by atoms with Gasteiger partial charge in [0.1, 0.15) is 42.5 Å². The second-order valence-corrected chi connectivity index (χ2v) is 13.1. The maximum atomic E-state index is 13.3. The predicted octanol–water partition coefficient (Wildman–Crippen LogP) is -1.94. The number of rotatable bonds is 3. The van der Waals surface area contributed by atoms with E-state index in [0.717, 1.165) is 0 Å². The molecule has 4 aromatic heterocycles. The number of aromatic nitrogens is 8. The molecule has 24 heteroatoms. The smallest absolute Gasteiger partial charge is 0.382 e. The molecule has 8 unspecified atom stereocenters. The van der Waals surface area contributed by atoms with Crippen LogP contribution in [-0.2, 0) is 42.3 Å². The van der Waals surface area contributed by atoms with E-state index in [1.54, 1.807) is 0 Å². The minimum Gasteiger partial charge on any atom is -0.382 e. The summed E-state index contributed by atoms with van der Waals surface area (Å²) in [7, 11) is -8.15. The Bertz CT molecular complexity index is 1990. The molecule has 2 bridgehead atoms. The van der Waals surface area contributed by atoms with Crippen molar-refractivity contribution in [2.75, 3.05) is 31.7 Å². The van der Waals surface area contributed by atoms with Crippen LogP contribution in [0, 0.1) is 0 Å². The summed E-state index contributed by atoms with van der Waals surface area (Å²) >= 11 is 0. The highest BCUT2D eigenvalue weighted by molar-refractivity contribution is 7.84. The van der Waals surface area contributed by atoms with Crippen LogP contribution in [0.25, 0.3) is 22.3 Å². The number of hydrogen-bond acceptors (Lipinski definition) is 17. The first-order chi connectivity index (χ1) is 21.4. The average molecular weight is 672 g/mol. The van der Waals surface area contributed by atoms with Crippen LogP contribution in [0.3, 0.4) is 0 Å². The summed E-state index contributed by atoms with van der Waals surface area (Å²) < 4.78 is 78.7. The molecular formula is C21H26N11O11PS. The van der Waals surface area contributed by atoms with Crippen molar-refractivity contribution in [2.45, 2.75) is 49.4 Å². The molecule has 3 fully saturated rings. The van der Waals surface area contributed by atoms with Gasteiger partial charge in [0.05, 0.1) is 19.3 Å². The minimum absolute atomic E-state index is 0.0230. The van der Waals surface area contributed by atoms with E-state index >= 15 is 0 Å². The molecule has 0 radical (unpaired) electrons. The number of aromatic amines is 1. The molecule has 0 saturated carbocycles. The maximum Gasteiger partial charge on any atom is 0.472 e. The number of phosphoric ester groups is 1. The van der Waals surface area contributed by atoms with E-state index < -0.39 is 79.8 Å². The summed E-state index contributed by atoms with van der Waals surface area (Å²) in [4.78, 5) is 45.8. The van der Waals surface area contributed by atoms with Gasteiger partial charge in [0.25, 0.3) is 5.56 Å². The third kappa shape index (κ3) is 5.45. The SMILES string of the molecule is COC1C2COP(=O)(O)OC3CC(n4cnc5c(N)ncnc54)OC3CNS(=O)(=O)OC1C(n1cnc3c(=O)[nH]c(N)nc31)O2. The van der Waals surface area contributed by atoms with Crippen molar-refractivity contribution in [1.82, 2.24) is 43.8 Å². The topological polar surface area (TPSA) is 298 Å². The van der Waals surface area contributed by atoms with Gasteiger partial charge in [-0.1, -0.05) is 0 Å². The fourth-order valence-electron chi connectivity index (χ4n) is 5.56. The monoisotopic (exact) mass is 671 g/mol. The van der Waals surface area contributed by atoms with Crippen molar-refractivity contribution in [3.8, 4) is 0 Å². The highest BCUT2D eigenvalue weighted by Gasteiger charge is 2.51. The Hall–Kier alpha value is -3.64. The Morgan fingerprint density at radius 2 is 1.84 bits per heavy atom. The van der Waals surface area contributed by atoms with Gasteiger partial charge in [-0.3, -0.25) is 28.0 Å². The van der Waals surface area contributed by atoms with Crippen LogP contribution in [0.4, 0.5) is 11.8 Å². The first kappa shape index (κ1) is 30.0. The summed E-state index contributed by atoms with van der Waals surface area (Å²) in [5.74, 6) is -0.0975. The third-order valence-electron chi connectivity index (χ3n) is 7.53. The van der Waals surface area contributed by atoms with Gasteiger partial charge in [0.15, 0.2) is 35.0 Å². The van der Waals surface area contributed by atoms with E-state index in [9.17, 15) is 22.7 Å². The normalized spacial score (nSPS) is 33.9. The van der Waals surface area contributed by atoms with Crippen molar-refractivity contribution in [3.05, 3.63) is 29.3 Å². The standard InChI is InChI=1S/C21H26N11O11PS/c1-38-14-10-4-39-44(34,35)42-8-2-11(31-6-26-12-16(22)24-5-25-17(12)31)40-9(8)3-28-45(36,37)43-15(14)20(41-10)32-7-27-13-18(32)29-21(23)30-19(13)33/h5-11,14-15,20,28H,2-4H2,1H3,(H,34,35)(H2,22,24,25)(H3,23,29,30,33). The van der Waals surface area contributed by atoms with E-state index in [1.165, 1.54) is 35.2 Å². The molecule has 8 atom stereocenters. The van der Waals surface area contributed by atoms with E-state index in [2.05, 4.69) is 34.6 Å². The van der Waals surface area contributed by atoms with Crippen LogP contribution in [0.2, 0.25) is 0 Å². The summed E-state index contributed by atoms with van der Waals surface area (Å²) in [6, 6.07) is 0. The lowest BCUT2D eigenvalue weighted by atomic mass is 10.1. The lowest BCUT2D eigenvalue weighted by Crippen LogP contribution is -2.43. The van der Waals surface area contributed by atoms with Gasteiger partial charge in [-0.15, -0.1) is 0 Å². The van der Waals surface area contributed by atoms with Gasteiger partial charge < -0.3 is 30.6 Å². The quantitative estimate of drug-likeness (QED) is 0.148. The van der Waals surface area contributed by atoms with E-state index in [1.807, 2.05) is 0 Å². The summed E-state index contributed by atoms with van der Waals surface area (Å²) in [6.45, 7) is -1.04. The van der Waals surface area contributed by atoms with Crippen LogP contribution < -0.4 is 21.7 Å². The molecule has 242 valence electrons. The molecule has 3 aliphatic rings. The van der Waals surface area contributed by atoms with Gasteiger partial charge in [-0.2, -0.15) is 18.1 Å². The zero-order chi connectivity index (χ0) is 31.7. The maximum absolute atomic E-state index is 13.3. The number of nitrogens with two attached hydrogens (primary N) is 2. The van der Waals surface area contributed by atoms with Gasteiger partial charge in [-0.05, 0) is 0 Å². The summed E-state index contributed by atoms with van der Waals surface area (Å²) in [6.07, 6.45) is -4.40. The van der Waals surface area contributed by atoms with Gasteiger partial charge in [-0.25, -0.2) is 28.7 Å². The first-order valence-electron chi connectivity index (χ1n) is 13.3. The number of anilines is 2. The molecule has 3 saturated heterocycles. The Balaban J connectivity index is 1.21. The lowest BCUT2D eigenvalue weighted by Gasteiger charge is -2.24. The number of ether oxygens (including phenoxy) is 3. The second-order valence-electron chi connectivity index (χ2n) is 10.3. The molecule has 45 heavy (non-hydrogen) atoms. The molecule has 0 amide bonds. The van der Waals surface area contributed by atoms with E-state index in [4.69, 9.17) is 38.9 Å². The fourth-order valence-corrected chi connectivity index (χ4v) is 7.46. The van der Waals surface area contributed by atoms with Crippen LogP contribution in [0.1, 0.15) is 18.9 Å². The highest BCUT2D eigenvalue weighted by Crippen LogP contribution is 2.49. The minimum atomic E-state index is -4.81. The van der Waals surface area contributed by atoms with Gasteiger partial charge in [0.2, 0.25) is 5.95 Å². The van der Waals surface area contributed by atoms with E-state index in [-0.39, 0.29) is 29.4 Å². The molecule has 7 heterocycles. The molecule has 0 aliphatic carbocycles. The van der Waals surface area contributed by atoms with E-state index in [0.29, 0.717) is 11.2 Å². The molecule has 7 rings (SSSR count). The number of nitrogens with one attached hydrogen (secondary N) is 2. The van der Waals surface area contributed by atoms with Crippen LogP contribution >= 0.6 is 7.82 Å². The largest absolute Gasteiger partial charge is 0.472 e. The summed E-state index contributed by atoms with van der Waals surface area (Å²) in [5.41, 5.74) is 11.4. The fraction of sp³-hybridized carbons (Fsp3) is 0.524.